The molecule has 0 atom stereocenters. The first-order chi connectivity index (χ1) is 5.33. The van der Waals surface area contributed by atoms with Gasteiger partial charge in [0.2, 0.25) is 10.0 Å². The Morgan fingerprint density at radius 1 is 1.33 bits per heavy atom. The third kappa shape index (κ3) is 2.45. The fraction of sp³-hybridized carbons (Fsp3) is 1.00. The van der Waals surface area contributed by atoms with Crippen LogP contribution in [0.5, 0.6) is 0 Å². The molecule has 0 aromatic rings. The summed E-state index contributed by atoms with van der Waals surface area (Å²) in [6, 6.07) is 0. The van der Waals surface area contributed by atoms with Crippen molar-refractivity contribution in [2.45, 2.75) is 38.4 Å². The Morgan fingerprint density at radius 3 is 2.17 bits per heavy atom. The average Bonchev–Trinajstić information content (AvgIpc) is 2.62. The monoisotopic (exact) mass is 191 g/mol. The van der Waals surface area contributed by atoms with Gasteiger partial charge in [-0.3, -0.25) is 0 Å². The van der Waals surface area contributed by atoms with Crippen LogP contribution in [0.25, 0.3) is 0 Å². The molecule has 0 amide bonds. The zero-order valence-corrected chi connectivity index (χ0v) is 8.74. The average molecular weight is 191 g/mol. The van der Waals surface area contributed by atoms with Gasteiger partial charge < -0.3 is 0 Å². The molecule has 0 spiro atoms. The molecule has 3 nitrogen and oxygen atoms in total. The maximum absolute atomic E-state index is 11.5. The SMILES string of the molecule is CC(C)(C)S(=O)(=O)NCC1CC1. The predicted octanol–water partition coefficient (Wildman–Crippen LogP) is 1.11. The molecule has 1 rings (SSSR count). The summed E-state index contributed by atoms with van der Waals surface area (Å²) in [5.41, 5.74) is 0. The van der Waals surface area contributed by atoms with Crippen molar-refractivity contribution in [3.05, 3.63) is 0 Å². The van der Waals surface area contributed by atoms with Crippen LogP contribution in [-0.2, 0) is 10.0 Å². The van der Waals surface area contributed by atoms with Gasteiger partial charge in [-0.2, -0.15) is 0 Å². The maximum Gasteiger partial charge on any atom is 0.216 e. The molecule has 0 saturated heterocycles. The molecule has 0 bridgehead atoms. The van der Waals surface area contributed by atoms with E-state index in [4.69, 9.17) is 0 Å². The summed E-state index contributed by atoms with van der Waals surface area (Å²) >= 11 is 0. The lowest BCUT2D eigenvalue weighted by atomic mass is 10.3. The Morgan fingerprint density at radius 2 is 1.83 bits per heavy atom. The molecule has 0 aromatic carbocycles. The van der Waals surface area contributed by atoms with Gasteiger partial charge >= 0.3 is 0 Å². The van der Waals surface area contributed by atoms with Gasteiger partial charge in [-0.1, -0.05) is 0 Å². The van der Waals surface area contributed by atoms with E-state index in [-0.39, 0.29) is 0 Å². The number of hydrogen-bond donors (Lipinski definition) is 1. The normalized spacial score (nSPS) is 19.6. The lowest BCUT2D eigenvalue weighted by Crippen LogP contribution is -2.40. The molecule has 1 N–H and O–H groups in total. The molecule has 0 aliphatic heterocycles. The quantitative estimate of drug-likeness (QED) is 0.726. The van der Waals surface area contributed by atoms with Crippen LogP contribution >= 0.6 is 0 Å². The summed E-state index contributed by atoms with van der Waals surface area (Å²) in [6.45, 7) is 5.76. The fourth-order valence-electron chi connectivity index (χ4n) is 0.766. The first-order valence-electron chi connectivity index (χ1n) is 4.32. The van der Waals surface area contributed by atoms with Gasteiger partial charge in [0.1, 0.15) is 0 Å². The minimum Gasteiger partial charge on any atom is -0.215 e. The van der Waals surface area contributed by atoms with Gasteiger partial charge in [-0.05, 0) is 39.5 Å². The van der Waals surface area contributed by atoms with Gasteiger partial charge in [0, 0.05) is 6.54 Å². The van der Waals surface area contributed by atoms with Crippen molar-refractivity contribution in [3.63, 3.8) is 0 Å². The van der Waals surface area contributed by atoms with E-state index in [2.05, 4.69) is 4.72 Å². The van der Waals surface area contributed by atoms with Crippen LogP contribution in [0.3, 0.4) is 0 Å². The smallest absolute Gasteiger partial charge is 0.215 e. The highest BCUT2D eigenvalue weighted by Gasteiger charge is 2.31. The van der Waals surface area contributed by atoms with Crippen molar-refractivity contribution >= 4 is 10.0 Å². The van der Waals surface area contributed by atoms with E-state index in [1.807, 2.05) is 0 Å². The second-order valence-electron chi connectivity index (χ2n) is 4.41. The highest BCUT2D eigenvalue weighted by Crippen LogP contribution is 2.28. The van der Waals surface area contributed by atoms with Gasteiger partial charge in [-0.25, -0.2) is 13.1 Å². The molecular weight excluding hydrogens is 174 g/mol. The topological polar surface area (TPSA) is 46.2 Å². The van der Waals surface area contributed by atoms with Crippen LogP contribution in [-0.4, -0.2) is 19.7 Å². The summed E-state index contributed by atoms with van der Waals surface area (Å²) < 4.78 is 24.9. The number of rotatable bonds is 3. The third-order valence-electron chi connectivity index (χ3n) is 2.07. The van der Waals surface area contributed by atoms with E-state index < -0.39 is 14.8 Å². The molecule has 4 heteroatoms. The molecule has 1 saturated carbocycles. The van der Waals surface area contributed by atoms with E-state index in [1.165, 1.54) is 12.8 Å². The van der Waals surface area contributed by atoms with E-state index in [0.717, 1.165) is 0 Å². The van der Waals surface area contributed by atoms with Gasteiger partial charge in [0.05, 0.1) is 4.75 Å². The Bertz CT molecular complexity index is 247. The number of sulfonamides is 1. The molecule has 0 heterocycles. The van der Waals surface area contributed by atoms with Crippen LogP contribution in [0.15, 0.2) is 0 Å². The van der Waals surface area contributed by atoms with E-state index in [1.54, 1.807) is 20.8 Å². The molecule has 72 valence electrons. The van der Waals surface area contributed by atoms with Gasteiger partial charge in [-0.15, -0.1) is 0 Å². The Kier molecular flexibility index (Phi) is 2.50. The maximum atomic E-state index is 11.5. The summed E-state index contributed by atoms with van der Waals surface area (Å²) in [7, 11) is -3.10. The molecule has 1 fully saturated rings. The largest absolute Gasteiger partial charge is 0.216 e. The van der Waals surface area contributed by atoms with E-state index in [9.17, 15) is 8.42 Å². The summed E-state index contributed by atoms with van der Waals surface area (Å²) in [5.74, 6) is 0.599. The lowest BCUT2D eigenvalue weighted by Gasteiger charge is -2.19. The minimum absolute atomic E-state index is 0.599. The van der Waals surface area contributed by atoms with Crippen molar-refractivity contribution in [1.82, 2.24) is 4.72 Å². The highest BCUT2D eigenvalue weighted by molar-refractivity contribution is 7.90. The first-order valence-corrected chi connectivity index (χ1v) is 5.80. The molecule has 0 radical (unpaired) electrons. The van der Waals surface area contributed by atoms with Crippen LogP contribution in [0.2, 0.25) is 0 Å². The molecule has 12 heavy (non-hydrogen) atoms. The van der Waals surface area contributed by atoms with Crippen molar-refractivity contribution < 1.29 is 8.42 Å². The number of hydrogen-bond acceptors (Lipinski definition) is 2. The van der Waals surface area contributed by atoms with Crippen LogP contribution < -0.4 is 4.72 Å². The minimum atomic E-state index is -3.10. The highest BCUT2D eigenvalue weighted by atomic mass is 32.2. The first kappa shape index (κ1) is 9.99. The second kappa shape index (κ2) is 3.00. The van der Waals surface area contributed by atoms with Gasteiger partial charge in [0.15, 0.2) is 0 Å². The Labute approximate surface area is 74.6 Å². The van der Waals surface area contributed by atoms with Crippen molar-refractivity contribution in [3.8, 4) is 0 Å². The fourth-order valence-corrected chi connectivity index (χ4v) is 1.65. The molecule has 1 aliphatic rings. The van der Waals surface area contributed by atoms with E-state index >= 15 is 0 Å². The van der Waals surface area contributed by atoms with E-state index in [0.29, 0.717) is 12.5 Å². The van der Waals surface area contributed by atoms with Crippen molar-refractivity contribution in [2.75, 3.05) is 6.54 Å². The molecule has 1 aliphatic carbocycles. The second-order valence-corrected chi connectivity index (χ2v) is 6.93. The lowest BCUT2D eigenvalue weighted by molar-refractivity contribution is 0.541. The van der Waals surface area contributed by atoms with Crippen LogP contribution in [0, 0.1) is 5.92 Å². The standard InChI is InChI=1S/C8H17NO2S/c1-8(2,3)12(10,11)9-6-7-4-5-7/h7,9H,4-6H2,1-3H3. The zero-order chi connectivity index (χ0) is 9.41. The third-order valence-corrected chi connectivity index (χ3v) is 4.22. The molecule has 0 unspecified atom stereocenters. The van der Waals surface area contributed by atoms with Crippen molar-refractivity contribution in [2.24, 2.45) is 5.92 Å². The predicted molar refractivity (Wildman–Crippen MR) is 49.4 cm³/mol. The van der Waals surface area contributed by atoms with Gasteiger partial charge in [0.25, 0.3) is 0 Å². The Balaban J connectivity index is 2.47. The van der Waals surface area contributed by atoms with Crippen LogP contribution in [0.4, 0.5) is 0 Å². The summed E-state index contributed by atoms with van der Waals surface area (Å²) in [5, 5.41) is 0. The Hall–Kier alpha value is -0.0900. The molecular formula is C8H17NO2S. The van der Waals surface area contributed by atoms with Crippen molar-refractivity contribution in [1.29, 1.82) is 0 Å². The molecule has 0 aromatic heterocycles. The summed E-state index contributed by atoms with van der Waals surface area (Å²) in [4.78, 5) is 0. The summed E-state index contributed by atoms with van der Waals surface area (Å²) in [6.07, 6.45) is 2.35. The van der Waals surface area contributed by atoms with Crippen LogP contribution in [0.1, 0.15) is 33.6 Å². The number of nitrogens with one attached hydrogen (secondary N) is 1. The zero-order valence-electron chi connectivity index (χ0n) is 7.92.